The fourth-order valence-electron chi connectivity index (χ4n) is 2.35. The second-order valence-electron chi connectivity index (χ2n) is 5.58. The van der Waals surface area contributed by atoms with Crippen LogP contribution >= 0.6 is 0 Å². The molecule has 4 N–H and O–H groups in total. The molecule has 1 amide bonds. The number of carbonyl (C=O) groups is 1. The zero-order valence-corrected chi connectivity index (χ0v) is 14.4. The molecule has 150 valence electrons. The van der Waals surface area contributed by atoms with Crippen LogP contribution in [-0.2, 0) is 11.0 Å². The molecule has 2 aromatic rings. The van der Waals surface area contributed by atoms with Crippen LogP contribution in [-0.4, -0.2) is 35.6 Å². The highest BCUT2D eigenvalue weighted by molar-refractivity contribution is 5.95. The Hall–Kier alpha value is -3.34. The number of amides is 1. The van der Waals surface area contributed by atoms with Crippen LogP contribution in [0.5, 0.6) is 0 Å². The van der Waals surface area contributed by atoms with Gasteiger partial charge in [0.25, 0.3) is 5.69 Å². The summed E-state index contributed by atoms with van der Waals surface area (Å²) in [7, 11) is 0. The van der Waals surface area contributed by atoms with Gasteiger partial charge in [-0.1, -0.05) is 12.1 Å². The predicted octanol–water partition coefficient (Wildman–Crippen LogP) is 3.07. The molecule has 0 spiro atoms. The molecule has 0 aliphatic heterocycles. The Morgan fingerprint density at radius 1 is 1.07 bits per heavy atom. The number of aliphatic hydroxyl groups is 1. The number of anilines is 3. The normalized spacial score (nSPS) is 11.0. The lowest BCUT2D eigenvalue weighted by atomic mass is 10.1. The first kappa shape index (κ1) is 21.0. The molecular weight excluding hydrogens is 381 g/mol. The maximum Gasteiger partial charge on any atom is 0.418 e. The minimum Gasteiger partial charge on any atom is -0.395 e. The lowest BCUT2D eigenvalue weighted by molar-refractivity contribution is -0.384. The largest absolute Gasteiger partial charge is 0.418 e. The van der Waals surface area contributed by atoms with Crippen molar-refractivity contribution >= 4 is 28.7 Å². The summed E-state index contributed by atoms with van der Waals surface area (Å²) < 4.78 is 38.9. The maximum absolute atomic E-state index is 13.0. The van der Waals surface area contributed by atoms with Gasteiger partial charge >= 0.3 is 6.18 Å². The number of non-ortho nitro benzene ring substituents is 1. The first-order valence-electron chi connectivity index (χ1n) is 8.05. The van der Waals surface area contributed by atoms with Crippen LogP contribution in [0, 0.1) is 10.1 Å². The third-order valence-electron chi connectivity index (χ3n) is 3.59. The molecule has 8 nitrogen and oxygen atoms in total. The summed E-state index contributed by atoms with van der Waals surface area (Å²) in [4.78, 5) is 22.4. The SMILES string of the molecule is O=C(CNc1cc([N+](=O)[O-])ccc1NCCO)Nc1ccccc1C(F)(F)F. The Labute approximate surface area is 157 Å². The molecule has 0 saturated heterocycles. The summed E-state index contributed by atoms with van der Waals surface area (Å²) in [6, 6.07) is 8.35. The summed E-state index contributed by atoms with van der Waals surface area (Å²) in [6.07, 6.45) is -4.63. The predicted molar refractivity (Wildman–Crippen MR) is 97.2 cm³/mol. The monoisotopic (exact) mass is 398 g/mol. The van der Waals surface area contributed by atoms with E-state index in [9.17, 15) is 28.1 Å². The van der Waals surface area contributed by atoms with Gasteiger partial charge in [-0.2, -0.15) is 13.2 Å². The van der Waals surface area contributed by atoms with Crippen LogP contribution in [0.15, 0.2) is 42.5 Å². The highest BCUT2D eigenvalue weighted by Gasteiger charge is 2.33. The van der Waals surface area contributed by atoms with Crippen molar-refractivity contribution < 1.29 is 28.0 Å². The van der Waals surface area contributed by atoms with Gasteiger partial charge in [-0.05, 0) is 18.2 Å². The highest BCUT2D eigenvalue weighted by atomic mass is 19.4. The smallest absolute Gasteiger partial charge is 0.395 e. The molecule has 0 bridgehead atoms. The molecule has 0 fully saturated rings. The van der Waals surface area contributed by atoms with Crippen LogP contribution in [0.25, 0.3) is 0 Å². The van der Waals surface area contributed by atoms with E-state index >= 15 is 0 Å². The van der Waals surface area contributed by atoms with E-state index in [1.165, 1.54) is 30.3 Å². The van der Waals surface area contributed by atoms with Crippen molar-refractivity contribution in [3.8, 4) is 0 Å². The van der Waals surface area contributed by atoms with Crippen molar-refractivity contribution in [2.45, 2.75) is 6.18 Å². The number of hydrogen-bond acceptors (Lipinski definition) is 6. The molecule has 28 heavy (non-hydrogen) atoms. The van der Waals surface area contributed by atoms with Gasteiger partial charge in [-0.25, -0.2) is 0 Å². The second kappa shape index (κ2) is 9.04. The lowest BCUT2D eigenvalue weighted by Gasteiger charge is -2.15. The second-order valence-corrected chi connectivity index (χ2v) is 5.58. The first-order valence-corrected chi connectivity index (χ1v) is 8.05. The van der Waals surface area contributed by atoms with E-state index in [1.54, 1.807) is 0 Å². The van der Waals surface area contributed by atoms with Crippen LogP contribution in [0.4, 0.5) is 35.9 Å². The molecule has 0 heterocycles. The zero-order chi connectivity index (χ0) is 20.7. The molecule has 0 unspecified atom stereocenters. The van der Waals surface area contributed by atoms with Crippen molar-refractivity contribution in [1.82, 2.24) is 0 Å². The van der Waals surface area contributed by atoms with E-state index in [1.807, 2.05) is 0 Å². The quantitative estimate of drug-likeness (QED) is 0.401. The van der Waals surface area contributed by atoms with E-state index in [2.05, 4.69) is 16.0 Å². The minimum atomic E-state index is -4.63. The number of benzene rings is 2. The van der Waals surface area contributed by atoms with Crippen molar-refractivity contribution in [3.05, 3.63) is 58.1 Å². The number of carbonyl (C=O) groups excluding carboxylic acids is 1. The van der Waals surface area contributed by atoms with Crippen molar-refractivity contribution in [3.63, 3.8) is 0 Å². The molecule has 0 radical (unpaired) electrons. The Bertz CT molecular complexity index is 859. The van der Waals surface area contributed by atoms with Gasteiger partial charge in [-0.15, -0.1) is 0 Å². The van der Waals surface area contributed by atoms with Gasteiger partial charge < -0.3 is 21.1 Å². The van der Waals surface area contributed by atoms with Gasteiger partial charge in [0.05, 0.1) is 40.7 Å². The van der Waals surface area contributed by atoms with E-state index in [-0.39, 0.29) is 30.2 Å². The number of nitrogens with zero attached hydrogens (tertiary/aromatic N) is 1. The van der Waals surface area contributed by atoms with Gasteiger partial charge in [0.2, 0.25) is 5.91 Å². The Morgan fingerprint density at radius 3 is 2.43 bits per heavy atom. The molecule has 0 aromatic heterocycles. The molecule has 0 atom stereocenters. The summed E-state index contributed by atoms with van der Waals surface area (Å²) >= 11 is 0. The van der Waals surface area contributed by atoms with Crippen LogP contribution in [0.3, 0.4) is 0 Å². The van der Waals surface area contributed by atoms with Gasteiger partial charge in [0, 0.05) is 18.7 Å². The molecule has 11 heteroatoms. The van der Waals surface area contributed by atoms with Crippen molar-refractivity contribution in [2.75, 3.05) is 35.6 Å². The van der Waals surface area contributed by atoms with Crippen molar-refractivity contribution in [1.29, 1.82) is 0 Å². The van der Waals surface area contributed by atoms with E-state index in [4.69, 9.17) is 5.11 Å². The minimum absolute atomic E-state index is 0.164. The first-order chi connectivity index (χ1) is 13.2. The fourth-order valence-corrected chi connectivity index (χ4v) is 2.35. The molecule has 2 rings (SSSR count). The Balaban J connectivity index is 2.12. The summed E-state index contributed by atoms with van der Waals surface area (Å²) in [6.45, 7) is -0.454. The Morgan fingerprint density at radius 2 is 1.79 bits per heavy atom. The maximum atomic E-state index is 13.0. The van der Waals surface area contributed by atoms with E-state index in [0.29, 0.717) is 5.69 Å². The number of para-hydroxylation sites is 1. The van der Waals surface area contributed by atoms with Crippen LogP contribution < -0.4 is 16.0 Å². The highest BCUT2D eigenvalue weighted by Crippen LogP contribution is 2.34. The average Bonchev–Trinajstić information content (AvgIpc) is 2.64. The lowest BCUT2D eigenvalue weighted by Crippen LogP contribution is -2.24. The topological polar surface area (TPSA) is 117 Å². The van der Waals surface area contributed by atoms with Gasteiger partial charge in [0.15, 0.2) is 0 Å². The summed E-state index contributed by atoms with van der Waals surface area (Å²) in [5.74, 6) is -0.767. The van der Waals surface area contributed by atoms with Crippen LogP contribution in [0.2, 0.25) is 0 Å². The molecule has 0 aliphatic carbocycles. The number of nitrogens with one attached hydrogen (secondary N) is 3. The number of nitro benzene ring substituents is 1. The summed E-state index contributed by atoms with van der Waals surface area (Å²) in [5.41, 5.74) is -1.02. The average molecular weight is 398 g/mol. The van der Waals surface area contributed by atoms with E-state index < -0.39 is 29.1 Å². The van der Waals surface area contributed by atoms with E-state index in [0.717, 1.165) is 12.1 Å². The summed E-state index contributed by atoms with van der Waals surface area (Å²) in [5, 5.41) is 27.5. The van der Waals surface area contributed by atoms with Crippen LogP contribution in [0.1, 0.15) is 5.56 Å². The number of alkyl halides is 3. The molecular formula is C17H17F3N4O4. The third kappa shape index (κ3) is 5.58. The van der Waals surface area contributed by atoms with Crippen molar-refractivity contribution in [2.24, 2.45) is 0 Å². The number of aliphatic hydroxyl groups excluding tert-OH is 1. The number of rotatable bonds is 8. The fraction of sp³-hybridized carbons (Fsp3) is 0.235. The van der Waals surface area contributed by atoms with Gasteiger partial charge in [0.1, 0.15) is 0 Å². The number of halogens is 3. The standard InChI is InChI=1S/C17H17F3N4O4/c18-17(19,20)12-3-1-2-4-13(12)23-16(26)10-22-15-9-11(24(27)28)5-6-14(15)21-7-8-25/h1-6,9,21-22,25H,7-8,10H2,(H,23,26). The van der Waals surface area contributed by atoms with Gasteiger partial charge in [-0.3, -0.25) is 14.9 Å². The number of nitro groups is 1. The third-order valence-corrected chi connectivity index (χ3v) is 3.59. The zero-order valence-electron chi connectivity index (χ0n) is 14.4. The molecule has 0 aliphatic rings. The number of hydrogen-bond donors (Lipinski definition) is 4. The molecule has 0 saturated carbocycles. The molecule has 2 aromatic carbocycles. The Kier molecular flexibility index (Phi) is 6.77.